The van der Waals surface area contributed by atoms with Crippen LogP contribution in [-0.2, 0) is 5.60 Å². The molecule has 0 heterocycles. The molecule has 0 radical (unpaired) electrons. The summed E-state index contributed by atoms with van der Waals surface area (Å²) >= 11 is 6.06. The molecule has 0 aliphatic carbocycles. The Labute approximate surface area is 131 Å². The average Bonchev–Trinajstić information content (AvgIpc) is 2.48. The van der Waals surface area contributed by atoms with Gasteiger partial charge in [0, 0.05) is 0 Å². The first kappa shape index (κ1) is 16.2. The zero-order valence-corrected chi connectivity index (χ0v) is 14.1. The molecule has 2 rings (SSSR count). The van der Waals surface area contributed by atoms with Gasteiger partial charge in [0.25, 0.3) is 0 Å². The third kappa shape index (κ3) is 3.73. The van der Waals surface area contributed by atoms with Gasteiger partial charge in [-0.25, -0.2) is 4.39 Å². The van der Waals surface area contributed by atoms with Gasteiger partial charge in [0.15, 0.2) is 0 Å². The Morgan fingerprint density at radius 2 is 1.62 bits per heavy atom. The van der Waals surface area contributed by atoms with Gasteiger partial charge < -0.3 is 5.11 Å². The summed E-state index contributed by atoms with van der Waals surface area (Å²) in [5.74, 6) is -0.211. The molecule has 0 amide bonds. The average molecular weight is 323 g/mol. The third-order valence-electron chi connectivity index (χ3n) is 3.89. The third-order valence-corrected chi connectivity index (χ3v) is 7.70. The Morgan fingerprint density at radius 1 is 1.05 bits per heavy atom. The van der Waals surface area contributed by atoms with E-state index in [1.807, 2.05) is 18.2 Å². The number of hydrogen-bond donors (Lipinski definition) is 1. The van der Waals surface area contributed by atoms with E-state index in [9.17, 15) is 9.50 Å². The monoisotopic (exact) mass is 322 g/mol. The molecule has 0 aliphatic heterocycles. The van der Waals surface area contributed by atoms with Crippen molar-refractivity contribution >= 4 is 24.9 Å². The quantitative estimate of drug-likeness (QED) is 0.654. The minimum atomic E-state index is -1.86. The molecule has 21 heavy (non-hydrogen) atoms. The van der Waals surface area contributed by atoms with E-state index in [1.165, 1.54) is 17.3 Å². The predicted molar refractivity (Wildman–Crippen MR) is 89.4 cm³/mol. The molecular weight excluding hydrogens is 303 g/mol. The lowest BCUT2D eigenvalue weighted by molar-refractivity contribution is 0.0810. The first-order chi connectivity index (χ1) is 9.87. The molecule has 4 heteroatoms. The first-order valence-corrected chi connectivity index (χ1v) is 10.7. The molecule has 1 N–H and O–H groups in total. The number of aliphatic hydroxyl groups is 1. The lowest BCUT2D eigenvalue weighted by Gasteiger charge is -2.34. The minimum Gasteiger partial charge on any atom is -0.384 e. The standard InChI is InChI=1S/C17H20ClFOSi/c1-21(2,16-6-4-3-5-7-16)13-17(20,12-18)14-8-10-15(19)11-9-14/h3-11,20H,12-13H2,1-2H3. The zero-order chi connectivity index (χ0) is 15.5. The van der Waals surface area contributed by atoms with Crippen LogP contribution in [0.25, 0.3) is 0 Å². The van der Waals surface area contributed by atoms with Crippen molar-refractivity contribution in [2.45, 2.75) is 24.7 Å². The van der Waals surface area contributed by atoms with E-state index < -0.39 is 13.7 Å². The van der Waals surface area contributed by atoms with Gasteiger partial charge in [-0.1, -0.05) is 60.7 Å². The summed E-state index contributed by atoms with van der Waals surface area (Å²) in [5.41, 5.74) is -0.448. The van der Waals surface area contributed by atoms with Gasteiger partial charge in [-0.2, -0.15) is 0 Å². The van der Waals surface area contributed by atoms with Crippen LogP contribution in [0, 0.1) is 5.82 Å². The molecule has 1 atom stereocenters. The van der Waals surface area contributed by atoms with Crippen LogP contribution in [0.5, 0.6) is 0 Å². The van der Waals surface area contributed by atoms with E-state index >= 15 is 0 Å². The molecule has 2 aromatic rings. The second-order valence-corrected chi connectivity index (χ2v) is 11.1. The zero-order valence-electron chi connectivity index (χ0n) is 12.3. The Bertz CT molecular complexity index is 585. The Hall–Kier alpha value is -1.16. The van der Waals surface area contributed by atoms with Crippen LogP contribution in [0.1, 0.15) is 5.56 Å². The van der Waals surface area contributed by atoms with E-state index in [2.05, 4.69) is 25.2 Å². The second-order valence-electron chi connectivity index (χ2n) is 6.10. The molecule has 0 aromatic heterocycles. The van der Waals surface area contributed by atoms with Crippen LogP contribution in [-0.4, -0.2) is 19.1 Å². The number of halogens is 2. The Morgan fingerprint density at radius 3 is 2.14 bits per heavy atom. The van der Waals surface area contributed by atoms with Crippen LogP contribution in [0.15, 0.2) is 54.6 Å². The number of alkyl halides is 1. The fourth-order valence-corrected chi connectivity index (χ4v) is 6.21. The predicted octanol–water partition coefficient (Wildman–Crippen LogP) is 3.87. The fourth-order valence-electron chi connectivity index (χ4n) is 2.71. The summed E-state index contributed by atoms with van der Waals surface area (Å²) < 4.78 is 13.1. The molecule has 112 valence electrons. The summed E-state index contributed by atoms with van der Waals surface area (Å²) in [4.78, 5) is 0. The van der Waals surface area contributed by atoms with Crippen LogP contribution in [0.4, 0.5) is 4.39 Å². The van der Waals surface area contributed by atoms with Crippen molar-refractivity contribution < 1.29 is 9.50 Å². The second kappa shape index (κ2) is 6.30. The summed E-state index contributed by atoms with van der Waals surface area (Å²) in [6.45, 7) is 4.42. The van der Waals surface area contributed by atoms with Gasteiger partial charge in [-0.3, -0.25) is 0 Å². The summed E-state index contributed by atoms with van der Waals surface area (Å²) in [5, 5.41) is 12.2. The van der Waals surface area contributed by atoms with Gasteiger partial charge >= 0.3 is 0 Å². The summed E-state index contributed by atoms with van der Waals surface area (Å²) in [6.07, 6.45) is 0. The van der Waals surface area contributed by atoms with Crippen LogP contribution in [0.3, 0.4) is 0 Å². The van der Waals surface area contributed by atoms with Crippen molar-refractivity contribution in [1.82, 2.24) is 0 Å². The number of hydrogen-bond acceptors (Lipinski definition) is 1. The summed E-state index contributed by atoms with van der Waals surface area (Å²) in [7, 11) is -1.86. The molecule has 2 aromatic carbocycles. The smallest absolute Gasteiger partial charge is 0.123 e. The van der Waals surface area contributed by atoms with Crippen molar-refractivity contribution in [1.29, 1.82) is 0 Å². The topological polar surface area (TPSA) is 20.2 Å². The van der Waals surface area contributed by atoms with Crippen LogP contribution >= 0.6 is 11.6 Å². The van der Waals surface area contributed by atoms with Crippen molar-refractivity contribution in [2.24, 2.45) is 0 Å². The van der Waals surface area contributed by atoms with E-state index in [0.717, 1.165) is 0 Å². The van der Waals surface area contributed by atoms with Crippen molar-refractivity contribution in [2.75, 3.05) is 5.88 Å². The molecule has 1 unspecified atom stereocenters. The summed E-state index contributed by atoms with van der Waals surface area (Å²) in [6, 6.07) is 16.8. The van der Waals surface area contributed by atoms with Gasteiger partial charge in [-0.05, 0) is 23.7 Å². The van der Waals surface area contributed by atoms with Gasteiger partial charge in [0.05, 0.1) is 14.0 Å². The maximum absolute atomic E-state index is 13.1. The van der Waals surface area contributed by atoms with Gasteiger partial charge in [0.1, 0.15) is 11.4 Å². The van der Waals surface area contributed by atoms with Crippen molar-refractivity contribution in [3.63, 3.8) is 0 Å². The lowest BCUT2D eigenvalue weighted by Crippen LogP contribution is -2.48. The molecule has 0 spiro atoms. The van der Waals surface area contributed by atoms with Crippen molar-refractivity contribution in [3.05, 3.63) is 66.0 Å². The Balaban J connectivity index is 2.31. The molecule has 0 saturated heterocycles. The van der Waals surface area contributed by atoms with Gasteiger partial charge in [0.2, 0.25) is 0 Å². The number of benzene rings is 2. The van der Waals surface area contributed by atoms with Gasteiger partial charge in [-0.15, -0.1) is 11.6 Å². The minimum absolute atomic E-state index is 0.0991. The molecule has 0 fully saturated rings. The van der Waals surface area contributed by atoms with E-state index in [1.54, 1.807) is 12.1 Å². The molecule has 0 aliphatic rings. The maximum Gasteiger partial charge on any atom is 0.123 e. The van der Waals surface area contributed by atoms with E-state index in [-0.39, 0.29) is 11.7 Å². The molecular formula is C17H20ClFOSi. The van der Waals surface area contributed by atoms with E-state index in [4.69, 9.17) is 11.6 Å². The Kier molecular flexibility index (Phi) is 4.87. The highest BCUT2D eigenvalue weighted by atomic mass is 35.5. The first-order valence-electron chi connectivity index (χ1n) is 6.97. The SMILES string of the molecule is C[Si](C)(CC(O)(CCl)c1ccc(F)cc1)c1ccccc1. The molecule has 0 bridgehead atoms. The van der Waals surface area contributed by atoms with E-state index in [0.29, 0.717) is 11.6 Å². The highest BCUT2D eigenvalue weighted by Gasteiger charge is 2.37. The number of rotatable bonds is 5. The largest absolute Gasteiger partial charge is 0.384 e. The van der Waals surface area contributed by atoms with Crippen LogP contribution in [0.2, 0.25) is 19.1 Å². The highest BCUT2D eigenvalue weighted by Crippen LogP contribution is 2.32. The van der Waals surface area contributed by atoms with Crippen LogP contribution < -0.4 is 5.19 Å². The molecule has 1 nitrogen and oxygen atoms in total. The fraction of sp³-hybridized carbons (Fsp3) is 0.294. The normalized spacial score (nSPS) is 14.7. The lowest BCUT2D eigenvalue weighted by atomic mass is 9.98. The van der Waals surface area contributed by atoms with Crippen molar-refractivity contribution in [3.8, 4) is 0 Å². The maximum atomic E-state index is 13.1. The molecule has 0 saturated carbocycles. The highest BCUT2D eigenvalue weighted by molar-refractivity contribution is 6.90.